The molecule has 2 aliphatic rings. The third kappa shape index (κ3) is 8.20. The van der Waals surface area contributed by atoms with Crippen LogP contribution in [-0.2, 0) is 14.4 Å². The van der Waals surface area contributed by atoms with Crippen LogP contribution in [0.4, 0.5) is 5.69 Å². The van der Waals surface area contributed by atoms with Crippen LogP contribution in [-0.4, -0.2) is 58.4 Å². The highest BCUT2D eigenvalue weighted by atomic mass is 16.7. The molecule has 10 heteroatoms. The predicted octanol–water partition coefficient (Wildman–Crippen LogP) is 6.55. The predicted molar refractivity (Wildman–Crippen MR) is 195 cm³/mol. The molecule has 6 rings (SSSR count). The lowest BCUT2D eigenvalue weighted by Gasteiger charge is -2.26. The third-order valence-electron chi connectivity index (χ3n) is 9.13. The number of unbranched alkanes of at least 4 members (excludes halogenated alkanes) is 3. The summed E-state index contributed by atoms with van der Waals surface area (Å²) in [5.41, 5.74) is 2.15. The number of fused-ring (bicyclic) bond motifs is 1. The Kier molecular flexibility index (Phi) is 10.7. The molecule has 0 bridgehead atoms. The van der Waals surface area contributed by atoms with Crippen LogP contribution in [0, 0.1) is 5.92 Å². The summed E-state index contributed by atoms with van der Waals surface area (Å²) < 4.78 is 6.38. The summed E-state index contributed by atoms with van der Waals surface area (Å²) in [6, 6.07) is 27.2. The van der Waals surface area contributed by atoms with Crippen molar-refractivity contribution >= 4 is 34.2 Å². The number of hydrogen-bond acceptors (Lipinski definition) is 7. The normalized spacial score (nSPS) is 21.3. The summed E-state index contributed by atoms with van der Waals surface area (Å²) in [4.78, 5) is 53.2. The molecule has 3 amide bonds. The summed E-state index contributed by atoms with van der Waals surface area (Å²) >= 11 is 0. The van der Waals surface area contributed by atoms with Gasteiger partial charge in [-0.3, -0.25) is 14.4 Å². The largest absolute Gasteiger partial charge is 0.472 e. The number of anilines is 1. The highest BCUT2D eigenvalue weighted by Crippen LogP contribution is 2.45. The Balaban J connectivity index is 0.00000243. The monoisotopic (exact) mass is 667 g/mol. The molecule has 3 aromatic carbocycles. The minimum Gasteiger partial charge on any atom is -0.472 e. The number of likely N-dealkylation sites (tertiary alicyclic amines) is 1. The third-order valence-corrected chi connectivity index (χ3v) is 9.13. The van der Waals surface area contributed by atoms with Crippen LogP contribution in [0.25, 0.3) is 10.8 Å². The van der Waals surface area contributed by atoms with Crippen LogP contribution in [0.3, 0.4) is 0 Å². The zero-order chi connectivity index (χ0) is 34.1. The van der Waals surface area contributed by atoms with Crippen LogP contribution in [0.1, 0.15) is 49.7 Å². The van der Waals surface area contributed by atoms with Gasteiger partial charge in [-0.2, -0.15) is 5.48 Å². The van der Waals surface area contributed by atoms with Crippen molar-refractivity contribution in [1.29, 1.82) is 0 Å². The molecule has 4 atom stereocenters. The van der Waals surface area contributed by atoms with Crippen molar-refractivity contribution in [2.24, 2.45) is 5.92 Å². The van der Waals surface area contributed by atoms with Gasteiger partial charge in [0.2, 0.25) is 17.7 Å². The maximum atomic E-state index is 14.2. The van der Waals surface area contributed by atoms with E-state index in [1.807, 2.05) is 84.9 Å². The van der Waals surface area contributed by atoms with E-state index in [1.54, 1.807) is 23.2 Å². The lowest BCUT2D eigenvalue weighted by atomic mass is 10.1. The lowest BCUT2D eigenvalue weighted by molar-refractivity contribution is -0.140. The van der Waals surface area contributed by atoms with Crippen molar-refractivity contribution in [3.05, 3.63) is 109 Å². The fourth-order valence-electron chi connectivity index (χ4n) is 6.33. The van der Waals surface area contributed by atoms with Crippen molar-refractivity contribution in [1.82, 2.24) is 20.7 Å². The van der Waals surface area contributed by atoms with E-state index in [1.165, 1.54) is 0 Å². The molecule has 1 aromatic heterocycles. The standard InChI is InChI=1S/C39H43N5O5.3H2/c1-2-3-4-5-8-16-29-25-39(29,38(47)43-49-31-19-11-7-12-20-31)42-36(46)34-24-32(48-37-33-21-14-13-15-28(33)22-23-40-37)27-44(34)35(45)26-41-30-17-9-6-10-18-30;;;/h6-23,29,32,34,41H,2-5,24-27H2,1H3,(H,42,46)(H,43,47);3*1H/b16-8-;;;/t29-,32?,34+,39-;;;/m1.../s1. The number of allylic oxidation sites excluding steroid dienone is 1. The zero-order valence-corrected chi connectivity index (χ0v) is 27.7. The quantitative estimate of drug-likeness (QED) is 0.0747. The Morgan fingerprint density at radius 3 is 2.53 bits per heavy atom. The first-order valence-corrected chi connectivity index (χ1v) is 17.1. The van der Waals surface area contributed by atoms with Crippen LogP contribution >= 0.6 is 0 Å². The topological polar surface area (TPSA) is 122 Å². The number of nitrogens with zero attached hydrogens (tertiary/aromatic N) is 2. The van der Waals surface area contributed by atoms with Gasteiger partial charge in [-0.1, -0.05) is 86.5 Å². The van der Waals surface area contributed by atoms with E-state index in [0.717, 1.165) is 42.1 Å². The Morgan fingerprint density at radius 2 is 1.73 bits per heavy atom. The van der Waals surface area contributed by atoms with Gasteiger partial charge in [-0.25, -0.2) is 4.98 Å². The van der Waals surface area contributed by atoms with Crippen LogP contribution in [0.2, 0.25) is 0 Å². The minimum atomic E-state index is -1.21. The number of para-hydroxylation sites is 2. The van der Waals surface area contributed by atoms with Gasteiger partial charge in [0.1, 0.15) is 17.7 Å². The smallest absolute Gasteiger partial charge is 0.278 e. The van der Waals surface area contributed by atoms with E-state index in [-0.39, 0.29) is 35.6 Å². The maximum Gasteiger partial charge on any atom is 0.278 e. The van der Waals surface area contributed by atoms with E-state index in [9.17, 15) is 14.4 Å². The molecule has 1 saturated heterocycles. The molecule has 0 spiro atoms. The number of ether oxygens (including phenoxy) is 1. The van der Waals surface area contributed by atoms with Gasteiger partial charge in [0.05, 0.1) is 13.1 Å². The number of carbonyl (C=O) groups excluding carboxylic acids is 3. The highest BCUT2D eigenvalue weighted by Gasteiger charge is 2.61. The van der Waals surface area contributed by atoms with Gasteiger partial charge in [0, 0.05) is 33.9 Å². The molecule has 1 unspecified atom stereocenters. The first-order valence-electron chi connectivity index (χ1n) is 17.1. The average Bonchev–Trinajstić information content (AvgIpc) is 3.66. The first-order chi connectivity index (χ1) is 24.0. The Morgan fingerprint density at radius 1 is 0.980 bits per heavy atom. The molecule has 1 saturated carbocycles. The van der Waals surface area contributed by atoms with Crippen LogP contribution in [0.5, 0.6) is 11.6 Å². The van der Waals surface area contributed by atoms with Crippen molar-refractivity contribution in [2.75, 3.05) is 18.4 Å². The summed E-state index contributed by atoms with van der Waals surface area (Å²) in [6.45, 7) is 2.34. The SMILES string of the molecule is CCCCC/C=C\[C@@H]1C[C@]1(NC(=O)[C@@H]1CC(Oc2nccc3ccccc23)CN1C(=O)CNc1ccccc1)C(=O)NOc1ccccc1.[HH].[HH].[HH]. The fraction of sp³-hybridized carbons (Fsp3) is 0.333. The molecule has 2 heterocycles. The number of hydrogen-bond donors (Lipinski definition) is 3. The van der Waals surface area contributed by atoms with E-state index >= 15 is 0 Å². The van der Waals surface area contributed by atoms with Gasteiger partial charge in [0.25, 0.3) is 5.91 Å². The number of hydroxylamine groups is 1. The summed E-state index contributed by atoms with van der Waals surface area (Å²) in [5, 5.41) is 8.04. The molecular formula is C39H49N5O5. The first kappa shape index (κ1) is 33.5. The van der Waals surface area contributed by atoms with Gasteiger partial charge in [-0.15, -0.1) is 0 Å². The van der Waals surface area contributed by atoms with E-state index in [2.05, 4.69) is 34.1 Å². The maximum absolute atomic E-state index is 14.2. The summed E-state index contributed by atoms with van der Waals surface area (Å²) in [7, 11) is 0. The van der Waals surface area contributed by atoms with E-state index in [0.29, 0.717) is 18.1 Å². The molecule has 1 aliphatic carbocycles. The molecule has 2 fully saturated rings. The summed E-state index contributed by atoms with van der Waals surface area (Å²) in [5.74, 6) is -0.401. The van der Waals surface area contributed by atoms with Crippen molar-refractivity contribution < 1.29 is 28.2 Å². The van der Waals surface area contributed by atoms with Gasteiger partial charge < -0.3 is 25.1 Å². The number of rotatable bonds is 15. The highest BCUT2D eigenvalue weighted by molar-refractivity contribution is 5.97. The Labute approximate surface area is 291 Å². The number of pyridine rings is 1. The number of amides is 3. The molecule has 49 heavy (non-hydrogen) atoms. The molecular weight excluding hydrogens is 618 g/mol. The Hall–Kier alpha value is -5.38. The lowest BCUT2D eigenvalue weighted by Crippen LogP contribution is -2.56. The number of aromatic nitrogens is 1. The summed E-state index contributed by atoms with van der Waals surface area (Å²) in [6.07, 6.45) is 10.2. The minimum absolute atomic E-state index is 0. The van der Waals surface area contributed by atoms with Crippen molar-refractivity contribution in [2.45, 2.75) is 63.1 Å². The van der Waals surface area contributed by atoms with Crippen molar-refractivity contribution in [3.8, 4) is 11.6 Å². The zero-order valence-electron chi connectivity index (χ0n) is 27.7. The van der Waals surface area contributed by atoms with Gasteiger partial charge in [-0.05, 0) is 61.0 Å². The van der Waals surface area contributed by atoms with E-state index in [4.69, 9.17) is 9.57 Å². The fourth-order valence-corrected chi connectivity index (χ4v) is 6.33. The van der Waals surface area contributed by atoms with Crippen LogP contribution < -0.4 is 25.7 Å². The van der Waals surface area contributed by atoms with Crippen LogP contribution in [0.15, 0.2) is 109 Å². The molecule has 10 nitrogen and oxygen atoms in total. The van der Waals surface area contributed by atoms with E-state index < -0.39 is 29.5 Å². The molecule has 3 N–H and O–H groups in total. The second-order valence-electron chi connectivity index (χ2n) is 12.6. The van der Waals surface area contributed by atoms with Gasteiger partial charge >= 0.3 is 0 Å². The van der Waals surface area contributed by atoms with Crippen molar-refractivity contribution in [3.63, 3.8) is 0 Å². The molecule has 1 aliphatic heterocycles. The molecule has 0 radical (unpaired) electrons. The number of carbonyl (C=O) groups is 3. The second-order valence-corrected chi connectivity index (χ2v) is 12.6. The van der Waals surface area contributed by atoms with Gasteiger partial charge in [0.15, 0.2) is 5.75 Å². The average molecular weight is 668 g/mol. The Bertz CT molecular complexity index is 1780. The number of nitrogens with one attached hydrogen (secondary N) is 3. The second kappa shape index (κ2) is 15.7. The number of benzene rings is 3. The molecule has 260 valence electrons. The molecule has 4 aromatic rings.